The molecular weight excluding hydrogens is 318 g/mol. The summed E-state index contributed by atoms with van der Waals surface area (Å²) >= 11 is 0. The molecule has 2 heterocycles. The van der Waals surface area contributed by atoms with Gasteiger partial charge in [-0.15, -0.1) is 0 Å². The summed E-state index contributed by atoms with van der Waals surface area (Å²) in [7, 11) is 1.64. The number of amides is 1. The molecule has 1 aromatic heterocycles. The Labute approximate surface area is 147 Å². The maximum atomic E-state index is 12.4. The van der Waals surface area contributed by atoms with Crippen molar-refractivity contribution < 1.29 is 14.1 Å². The summed E-state index contributed by atoms with van der Waals surface area (Å²) in [6.45, 7) is 1.55. The van der Waals surface area contributed by atoms with Crippen molar-refractivity contribution in [2.45, 2.75) is 38.0 Å². The molecule has 1 saturated heterocycles. The lowest BCUT2D eigenvalue weighted by Gasteiger charge is -2.22. The zero-order chi connectivity index (χ0) is 17.2. The minimum atomic E-state index is 0.129. The highest BCUT2D eigenvalue weighted by Crippen LogP contribution is 2.34. The van der Waals surface area contributed by atoms with E-state index in [0.29, 0.717) is 24.2 Å². The van der Waals surface area contributed by atoms with E-state index in [1.165, 1.54) is 0 Å². The van der Waals surface area contributed by atoms with Gasteiger partial charge in [0.2, 0.25) is 17.6 Å². The maximum absolute atomic E-state index is 12.4. The second-order valence-corrected chi connectivity index (χ2v) is 6.94. The molecule has 1 aliphatic heterocycles. The van der Waals surface area contributed by atoms with E-state index in [4.69, 9.17) is 9.26 Å². The average Bonchev–Trinajstić information content (AvgIpc) is 3.43. The molecule has 1 unspecified atom stereocenters. The Hall–Kier alpha value is -2.37. The molecule has 2 aromatic rings. The minimum absolute atomic E-state index is 0.129. The van der Waals surface area contributed by atoms with Gasteiger partial charge in [0.15, 0.2) is 0 Å². The summed E-state index contributed by atoms with van der Waals surface area (Å²) < 4.78 is 10.7. The summed E-state index contributed by atoms with van der Waals surface area (Å²) in [6.07, 6.45) is 5.21. The van der Waals surface area contributed by atoms with Crippen LogP contribution in [0.1, 0.15) is 43.9 Å². The van der Waals surface area contributed by atoms with Crippen molar-refractivity contribution >= 4 is 5.91 Å². The van der Waals surface area contributed by atoms with Crippen molar-refractivity contribution in [3.8, 4) is 17.1 Å². The van der Waals surface area contributed by atoms with Gasteiger partial charge in [-0.3, -0.25) is 4.79 Å². The van der Waals surface area contributed by atoms with E-state index in [0.717, 1.165) is 50.0 Å². The Morgan fingerprint density at radius 2 is 2.00 bits per heavy atom. The number of hydrogen-bond acceptors (Lipinski definition) is 5. The smallest absolute Gasteiger partial charge is 0.231 e. The van der Waals surface area contributed by atoms with Gasteiger partial charge in [-0.1, -0.05) is 11.6 Å². The van der Waals surface area contributed by atoms with Crippen LogP contribution in [0.4, 0.5) is 0 Å². The minimum Gasteiger partial charge on any atom is -0.497 e. The fourth-order valence-corrected chi connectivity index (χ4v) is 3.39. The van der Waals surface area contributed by atoms with E-state index in [1.54, 1.807) is 7.11 Å². The van der Waals surface area contributed by atoms with Crippen LogP contribution in [0, 0.1) is 5.92 Å². The van der Waals surface area contributed by atoms with Crippen LogP contribution in [0.15, 0.2) is 28.8 Å². The molecule has 0 bridgehead atoms. The first-order valence-corrected chi connectivity index (χ1v) is 9.01. The van der Waals surface area contributed by atoms with Gasteiger partial charge in [0.25, 0.3) is 0 Å². The highest BCUT2D eigenvalue weighted by molar-refractivity contribution is 5.81. The van der Waals surface area contributed by atoms with E-state index in [-0.39, 0.29) is 11.8 Å². The zero-order valence-electron chi connectivity index (χ0n) is 14.5. The second-order valence-electron chi connectivity index (χ2n) is 6.94. The Morgan fingerprint density at radius 3 is 2.72 bits per heavy atom. The maximum Gasteiger partial charge on any atom is 0.231 e. The summed E-state index contributed by atoms with van der Waals surface area (Å²) in [4.78, 5) is 19.0. The molecular formula is C19H23N3O3. The van der Waals surface area contributed by atoms with Crippen LogP contribution in [0.25, 0.3) is 11.4 Å². The predicted molar refractivity (Wildman–Crippen MR) is 92.2 cm³/mol. The molecule has 1 atom stereocenters. The van der Waals surface area contributed by atoms with Crippen molar-refractivity contribution in [3.05, 3.63) is 30.2 Å². The standard InChI is InChI=1S/C19H23N3O3/c1-24-16-9-7-13(8-10-16)17-20-18(25-21-17)15-4-2-3-11-22(12-15)19(23)14-5-6-14/h7-10,14-15H,2-6,11-12H2,1H3. The van der Waals surface area contributed by atoms with Crippen LogP contribution < -0.4 is 4.74 Å². The molecule has 6 heteroatoms. The lowest BCUT2D eigenvalue weighted by atomic mass is 10.0. The average molecular weight is 341 g/mol. The summed E-state index contributed by atoms with van der Waals surface area (Å²) in [5.74, 6) is 2.72. The van der Waals surface area contributed by atoms with Gasteiger partial charge in [-0.25, -0.2) is 0 Å². The van der Waals surface area contributed by atoms with Gasteiger partial charge in [0.1, 0.15) is 5.75 Å². The molecule has 0 radical (unpaired) electrons. The number of benzene rings is 1. The van der Waals surface area contributed by atoms with Gasteiger partial charge in [0.05, 0.1) is 13.0 Å². The zero-order valence-corrected chi connectivity index (χ0v) is 14.5. The van der Waals surface area contributed by atoms with Crippen LogP contribution in [0.3, 0.4) is 0 Å². The van der Waals surface area contributed by atoms with Crippen LogP contribution in [0.2, 0.25) is 0 Å². The molecule has 4 rings (SSSR count). The first-order chi connectivity index (χ1) is 12.2. The number of rotatable bonds is 4. The molecule has 25 heavy (non-hydrogen) atoms. The molecule has 0 spiro atoms. The fraction of sp³-hybridized carbons (Fsp3) is 0.526. The molecule has 1 saturated carbocycles. The van der Waals surface area contributed by atoms with E-state index in [2.05, 4.69) is 10.1 Å². The Balaban J connectivity index is 1.50. The molecule has 0 N–H and O–H groups in total. The highest BCUT2D eigenvalue weighted by atomic mass is 16.5. The number of aromatic nitrogens is 2. The fourth-order valence-electron chi connectivity index (χ4n) is 3.39. The highest BCUT2D eigenvalue weighted by Gasteiger charge is 2.35. The van der Waals surface area contributed by atoms with Crippen LogP contribution in [-0.4, -0.2) is 41.1 Å². The Kier molecular flexibility index (Phi) is 4.42. The Morgan fingerprint density at radius 1 is 1.20 bits per heavy atom. The van der Waals surface area contributed by atoms with Crippen LogP contribution in [-0.2, 0) is 4.79 Å². The number of likely N-dealkylation sites (tertiary alicyclic amines) is 1. The third kappa shape index (κ3) is 3.52. The molecule has 2 aliphatic rings. The van der Waals surface area contributed by atoms with Gasteiger partial charge in [-0.2, -0.15) is 4.98 Å². The first kappa shape index (κ1) is 16.1. The number of hydrogen-bond donors (Lipinski definition) is 0. The molecule has 2 fully saturated rings. The van der Waals surface area contributed by atoms with Crippen molar-refractivity contribution in [1.29, 1.82) is 0 Å². The lowest BCUT2D eigenvalue weighted by molar-refractivity contribution is -0.132. The van der Waals surface area contributed by atoms with E-state index in [9.17, 15) is 4.79 Å². The second kappa shape index (κ2) is 6.86. The van der Waals surface area contributed by atoms with Crippen LogP contribution >= 0.6 is 0 Å². The van der Waals surface area contributed by atoms with E-state index in [1.807, 2.05) is 29.2 Å². The topological polar surface area (TPSA) is 68.5 Å². The lowest BCUT2D eigenvalue weighted by Crippen LogP contribution is -2.35. The molecule has 1 aliphatic carbocycles. The third-order valence-electron chi connectivity index (χ3n) is 5.05. The summed E-state index contributed by atoms with van der Waals surface area (Å²) in [5.41, 5.74) is 0.898. The third-order valence-corrected chi connectivity index (χ3v) is 5.05. The number of carbonyl (C=O) groups excluding carboxylic acids is 1. The van der Waals surface area contributed by atoms with E-state index >= 15 is 0 Å². The van der Waals surface area contributed by atoms with Gasteiger partial charge < -0.3 is 14.2 Å². The summed E-state index contributed by atoms with van der Waals surface area (Å²) in [5, 5.41) is 4.13. The van der Waals surface area contributed by atoms with Gasteiger partial charge in [-0.05, 0) is 49.9 Å². The largest absolute Gasteiger partial charge is 0.497 e. The number of ether oxygens (including phenoxy) is 1. The normalized spacial score (nSPS) is 21.0. The molecule has 6 nitrogen and oxygen atoms in total. The number of nitrogens with zero attached hydrogens (tertiary/aromatic N) is 3. The first-order valence-electron chi connectivity index (χ1n) is 9.01. The van der Waals surface area contributed by atoms with Crippen molar-refractivity contribution in [1.82, 2.24) is 15.0 Å². The van der Waals surface area contributed by atoms with Crippen molar-refractivity contribution in [2.75, 3.05) is 20.2 Å². The Bertz CT molecular complexity index is 737. The molecule has 132 valence electrons. The predicted octanol–water partition coefficient (Wildman–Crippen LogP) is 3.25. The van der Waals surface area contributed by atoms with E-state index < -0.39 is 0 Å². The number of carbonyl (C=O) groups is 1. The number of methoxy groups -OCH3 is 1. The van der Waals surface area contributed by atoms with Crippen molar-refractivity contribution in [3.63, 3.8) is 0 Å². The van der Waals surface area contributed by atoms with Gasteiger partial charge in [0, 0.05) is 24.6 Å². The quantitative estimate of drug-likeness (QED) is 0.854. The summed E-state index contributed by atoms with van der Waals surface area (Å²) in [6, 6.07) is 7.60. The van der Waals surface area contributed by atoms with Crippen LogP contribution in [0.5, 0.6) is 5.75 Å². The van der Waals surface area contributed by atoms with Crippen molar-refractivity contribution in [2.24, 2.45) is 5.92 Å². The molecule has 1 amide bonds. The van der Waals surface area contributed by atoms with Gasteiger partial charge >= 0.3 is 0 Å². The SMILES string of the molecule is COc1ccc(-c2noc(C3CCCCN(C(=O)C4CC4)C3)n2)cc1. The molecule has 1 aromatic carbocycles. The monoisotopic (exact) mass is 341 g/mol.